The maximum Gasteiger partial charge on any atom is 0.119 e. The van der Waals surface area contributed by atoms with Gasteiger partial charge in [0, 0.05) is 19.1 Å². The van der Waals surface area contributed by atoms with Crippen LogP contribution in [0.1, 0.15) is 30.5 Å². The van der Waals surface area contributed by atoms with Gasteiger partial charge in [-0.25, -0.2) is 0 Å². The number of benzene rings is 2. The molecule has 1 N–H and O–H groups in total. The predicted octanol–water partition coefficient (Wildman–Crippen LogP) is 3.95. The van der Waals surface area contributed by atoms with Crippen molar-refractivity contribution >= 4 is 0 Å². The van der Waals surface area contributed by atoms with Gasteiger partial charge in [-0.15, -0.1) is 0 Å². The van der Waals surface area contributed by atoms with Crippen molar-refractivity contribution in [2.24, 2.45) is 0 Å². The smallest absolute Gasteiger partial charge is 0.119 e. The molecule has 0 aromatic heterocycles. The lowest BCUT2D eigenvalue weighted by Crippen LogP contribution is -2.39. The van der Waals surface area contributed by atoms with E-state index >= 15 is 0 Å². The summed E-state index contributed by atoms with van der Waals surface area (Å²) in [5, 5.41) is 10.4. The zero-order valence-electron chi connectivity index (χ0n) is 15.2. The summed E-state index contributed by atoms with van der Waals surface area (Å²) in [7, 11) is 0. The first-order chi connectivity index (χ1) is 11.5. The summed E-state index contributed by atoms with van der Waals surface area (Å²) < 4.78 is 5.66. The number of hydrogen-bond acceptors (Lipinski definition) is 3. The van der Waals surface area contributed by atoms with Crippen molar-refractivity contribution in [2.75, 3.05) is 13.2 Å². The molecule has 0 aliphatic carbocycles. The van der Waals surface area contributed by atoms with E-state index in [1.54, 1.807) is 0 Å². The molecule has 0 aliphatic heterocycles. The van der Waals surface area contributed by atoms with Crippen LogP contribution in [0.2, 0.25) is 0 Å². The topological polar surface area (TPSA) is 32.7 Å². The lowest BCUT2D eigenvalue weighted by molar-refractivity contribution is 0.0542. The molecule has 0 amide bonds. The molecular weight excluding hydrogens is 298 g/mol. The molecule has 2 rings (SSSR count). The molecule has 0 heterocycles. The predicted molar refractivity (Wildman–Crippen MR) is 99.4 cm³/mol. The van der Waals surface area contributed by atoms with Gasteiger partial charge in [0.15, 0.2) is 0 Å². The highest BCUT2D eigenvalue weighted by Crippen LogP contribution is 2.16. The number of aliphatic hydroxyl groups is 1. The molecule has 0 bridgehead atoms. The Morgan fingerprint density at radius 1 is 1.04 bits per heavy atom. The van der Waals surface area contributed by atoms with Crippen LogP contribution >= 0.6 is 0 Å². The molecule has 1 atom stereocenters. The normalized spacial score (nSPS) is 12.6. The SMILES string of the molecule is Cc1ccc(C)c(CN(CC(O)COc2ccccc2)C(C)C)c1. The number of hydrogen-bond donors (Lipinski definition) is 1. The Morgan fingerprint density at radius 2 is 1.75 bits per heavy atom. The highest BCUT2D eigenvalue weighted by Gasteiger charge is 2.16. The second-order valence-electron chi connectivity index (χ2n) is 6.73. The number of aliphatic hydroxyl groups excluding tert-OH is 1. The molecule has 0 aliphatic rings. The summed E-state index contributed by atoms with van der Waals surface area (Å²) in [5.74, 6) is 0.794. The molecule has 2 aromatic rings. The van der Waals surface area contributed by atoms with E-state index in [-0.39, 0.29) is 0 Å². The quantitative estimate of drug-likeness (QED) is 0.797. The minimum atomic E-state index is -0.516. The monoisotopic (exact) mass is 327 g/mol. The minimum absolute atomic E-state index is 0.306. The van der Waals surface area contributed by atoms with E-state index in [0.717, 1.165) is 12.3 Å². The van der Waals surface area contributed by atoms with Crippen molar-refractivity contribution in [2.45, 2.75) is 46.4 Å². The van der Waals surface area contributed by atoms with Crippen molar-refractivity contribution in [3.05, 3.63) is 65.2 Å². The van der Waals surface area contributed by atoms with Gasteiger partial charge in [-0.1, -0.05) is 42.0 Å². The van der Waals surface area contributed by atoms with Crippen LogP contribution in [-0.4, -0.2) is 35.3 Å². The average Bonchev–Trinajstić information content (AvgIpc) is 2.56. The second kappa shape index (κ2) is 8.86. The van der Waals surface area contributed by atoms with Crippen molar-refractivity contribution in [3.63, 3.8) is 0 Å². The van der Waals surface area contributed by atoms with Crippen molar-refractivity contribution in [1.29, 1.82) is 0 Å². The minimum Gasteiger partial charge on any atom is -0.491 e. The lowest BCUT2D eigenvalue weighted by Gasteiger charge is -2.29. The molecule has 24 heavy (non-hydrogen) atoms. The summed E-state index contributed by atoms with van der Waals surface area (Å²) in [4.78, 5) is 2.29. The van der Waals surface area contributed by atoms with E-state index in [1.165, 1.54) is 16.7 Å². The van der Waals surface area contributed by atoms with E-state index in [9.17, 15) is 5.11 Å². The van der Waals surface area contributed by atoms with E-state index in [1.807, 2.05) is 30.3 Å². The highest BCUT2D eigenvalue weighted by molar-refractivity contribution is 5.30. The third-order valence-electron chi connectivity index (χ3n) is 4.24. The van der Waals surface area contributed by atoms with E-state index in [2.05, 4.69) is 50.8 Å². The third-order valence-corrected chi connectivity index (χ3v) is 4.24. The maximum absolute atomic E-state index is 10.4. The first-order valence-corrected chi connectivity index (χ1v) is 8.62. The van der Waals surface area contributed by atoms with Crippen LogP contribution in [0.15, 0.2) is 48.5 Å². The number of ether oxygens (including phenoxy) is 1. The first kappa shape index (κ1) is 18.5. The van der Waals surface area contributed by atoms with Crippen LogP contribution in [-0.2, 0) is 6.54 Å². The fourth-order valence-electron chi connectivity index (χ4n) is 2.68. The molecule has 130 valence electrons. The average molecular weight is 327 g/mol. The fraction of sp³-hybridized carbons (Fsp3) is 0.429. The Hall–Kier alpha value is -1.84. The van der Waals surface area contributed by atoms with Crippen LogP contribution in [0, 0.1) is 13.8 Å². The van der Waals surface area contributed by atoms with Crippen molar-refractivity contribution in [3.8, 4) is 5.75 Å². The van der Waals surface area contributed by atoms with Gasteiger partial charge in [0.1, 0.15) is 18.5 Å². The Bertz CT molecular complexity index is 625. The summed E-state index contributed by atoms with van der Waals surface area (Å²) in [6, 6.07) is 16.5. The molecule has 0 saturated carbocycles. The fourth-order valence-corrected chi connectivity index (χ4v) is 2.68. The summed E-state index contributed by atoms with van der Waals surface area (Å²) in [6.07, 6.45) is -0.516. The Kier molecular flexibility index (Phi) is 6.83. The zero-order chi connectivity index (χ0) is 17.5. The van der Waals surface area contributed by atoms with Gasteiger partial charge >= 0.3 is 0 Å². The summed E-state index contributed by atoms with van der Waals surface area (Å²) >= 11 is 0. The van der Waals surface area contributed by atoms with Crippen LogP contribution in [0.5, 0.6) is 5.75 Å². The molecule has 0 radical (unpaired) electrons. The van der Waals surface area contributed by atoms with Crippen LogP contribution in [0.25, 0.3) is 0 Å². The molecule has 0 saturated heterocycles. The largest absolute Gasteiger partial charge is 0.491 e. The Morgan fingerprint density at radius 3 is 2.42 bits per heavy atom. The van der Waals surface area contributed by atoms with Crippen LogP contribution < -0.4 is 4.74 Å². The molecule has 3 nitrogen and oxygen atoms in total. The number of rotatable bonds is 8. The van der Waals surface area contributed by atoms with E-state index < -0.39 is 6.10 Å². The maximum atomic E-state index is 10.4. The first-order valence-electron chi connectivity index (χ1n) is 8.62. The molecule has 3 heteroatoms. The van der Waals surface area contributed by atoms with Gasteiger partial charge < -0.3 is 9.84 Å². The molecule has 1 unspecified atom stereocenters. The Balaban J connectivity index is 1.94. The highest BCUT2D eigenvalue weighted by atomic mass is 16.5. The van der Waals surface area contributed by atoms with Gasteiger partial charge in [-0.3, -0.25) is 4.90 Å². The van der Waals surface area contributed by atoms with E-state index in [4.69, 9.17) is 4.74 Å². The van der Waals surface area contributed by atoms with Gasteiger partial charge in [0.05, 0.1) is 0 Å². The lowest BCUT2D eigenvalue weighted by atomic mass is 10.0. The van der Waals surface area contributed by atoms with Crippen molar-refractivity contribution < 1.29 is 9.84 Å². The molecule has 0 fully saturated rings. The number of nitrogens with zero attached hydrogens (tertiary/aromatic N) is 1. The second-order valence-corrected chi connectivity index (χ2v) is 6.73. The van der Waals surface area contributed by atoms with Gasteiger partial charge in [0.2, 0.25) is 0 Å². The van der Waals surface area contributed by atoms with Gasteiger partial charge in [-0.2, -0.15) is 0 Å². The van der Waals surface area contributed by atoms with Crippen LogP contribution in [0.3, 0.4) is 0 Å². The zero-order valence-corrected chi connectivity index (χ0v) is 15.2. The van der Waals surface area contributed by atoms with E-state index in [0.29, 0.717) is 19.2 Å². The molecule has 2 aromatic carbocycles. The standard InChI is InChI=1S/C21H29NO2/c1-16(2)22(13-19-12-17(3)10-11-18(19)4)14-20(23)15-24-21-8-6-5-7-9-21/h5-12,16,20,23H,13-15H2,1-4H3. The third kappa shape index (κ3) is 5.66. The molecule has 0 spiro atoms. The summed E-state index contributed by atoms with van der Waals surface area (Å²) in [6.45, 7) is 10.3. The van der Waals surface area contributed by atoms with Crippen molar-refractivity contribution in [1.82, 2.24) is 4.90 Å². The van der Waals surface area contributed by atoms with Crippen LogP contribution in [0.4, 0.5) is 0 Å². The molecular formula is C21H29NO2. The Labute approximate surface area is 145 Å². The summed E-state index contributed by atoms with van der Waals surface area (Å²) in [5.41, 5.74) is 3.88. The van der Waals surface area contributed by atoms with Gasteiger partial charge in [-0.05, 0) is 51.0 Å². The number of aryl methyl sites for hydroxylation is 2. The van der Waals surface area contributed by atoms with Gasteiger partial charge in [0.25, 0.3) is 0 Å². The number of para-hydroxylation sites is 1.